The van der Waals surface area contributed by atoms with Crippen molar-refractivity contribution in [1.29, 1.82) is 0 Å². The molecule has 2 aromatic carbocycles. The second-order valence-electron chi connectivity index (χ2n) is 3.83. The molecule has 0 unspecified atom stereocenters. The van der Waals surface area contributed by atoms with Crippen LogP contribution in [0.25, 0.3) is 0 Å². The summed E-state index contributed by atoms with van der Waals surface area (Å²) in [6.07, 6.45) is 0. The van der Waals surface area contributed by atoms with E-state index in [0.717, 1.165) is 10.2 Å². The Balaban J connectivity index is 2.28. The van der Waals surface area contributed by atoms with Crippen LogP contribution in [0.5, 0.6) is 11.5 Å². The van der Waals surface area contributed by atoms with Crippen LogP contribution in [0.2, 0.25) is 0 Å². The smallest absolute Gasteiger partial charge is 0.141 e. The Hall–Kier alpha value is -1.68. The molecule has 0 bridgehead atoms. The van der Waals surface area contributed by atoms with E-state index in [9.17, 15) is 0 Å². The van der Waals surface area contributed by atoms with Crippen molar-refractivity contribution in [2.45, 2.75) is 6.92 Å². The van der Waals surface area contributed by atoms with Gasteiger partial charge in [0.1, 0.15) is 11.5 Å². The first-order chi connectivity index (χ1) is 8.06. The summed E-state index contributed by atoms with van der Waals surface area (Å²) in [5.74, 6) is 1.42. The molecule has 2 aromatic rings. The van der Waals surface area contributed by atoms with Crippen LogP contribution in [0, 0.1) is 6.92 Å². The Kier molecular flexibility index (Phi) is 3.24. The lowest BCUT2D eigenvalue weighted by Gasteiger charge is -2.09. The summed E-state index contributed by atoms with van der Waals surface area (Å²) in [6.45, 7) is 2.02. The maximum atomic E-state index is 5.72. The second-order valence-corrected chi connectivity index (χ2v) is 4.68. The molecule has 0 saturated carbocycles. The number of ether oxygens (including phenoxy) is 1. The van der Waals surface area contributed by atoms with E-state index in [1.165, 1.54) is 5.56 Å². The average molecular weight is 293 g/mol. The lowest BCUT2D eigenvalue weighted by atomic mass is 10.2. The third-order valence-electron chi connectivity index (χ3n) is 2.37. The predicted octanol–water partition coefficient (Wildman–Crippen LogP) is 3.71. The molecule has 0 atom stereocenters. The summed E-state index contributed by atoms with van der Waals surface area (Å²) in [7, 11) is 0. The molecule has 0 saturated heterocycles. The maximum absolute atomic E-state index is 5.72. The van der Waals surface area contributed by atoms with E-state index < -0.39 is 0 Å². The van der Waals surface area contributed by atoms with Crippen molar-refractivity contribution in [2.24, 2.45) is 0 Å². The summed E-state index contributed by atoms with van der Waals surface area (Å²) < 4.78 is 6.63. The minimum atomic E-state index is 0.519. The van der Waals surface area contributed by atoms with Gasteiger partial charge in [-0.1, -0.05) is 6.07 Å². The first-order valence-corrected chi connectivity index (χ1v) is 5.94. The Morgan fingerprint density at radius 1 is 1.00 bits per heavy atom. The van der Waals surface area contributed by atoms with Gasteiger partial charge < -0.3 is 16.2 Å². The number of hydrogen-bond acceptors (Lipinski definition) is 3. The molecule has 0 aliphatic heterocycles. The lowest BCUT2D eigenvalue weighted by molar-refractivity contribution is 0.480. The largest absolute Gasteiger partial charge is 0.456 e. The molecule has 4 heteroatoms. The second kappa shape index (κ2) is 4.67. The number of hydrogen-bond donors (Lipinski definition) is 2. The van der Waals surface area contributed by atoms with E-state index in [1.54, 1.807) is 18.2 Å². The Bertz CT molecular complexity index is 555. The highest BCUT2D eigenvalue weighted by Gasteiger charge is 2.04. The van der Waals surface area contributed by atoms with Gasteiger partial charge in [-0.05, 0) is 52.7 Å². The summed E-state index contributed by atoms with van der Waals surface area (Å²) in [4.78, 5) is 0. The molecule has 0 fully saturated rings. The molecule has 0 heterocycles. The predicted molar refractivity (Wildman–Crippen MR) is 74.2 cm³/mol. The van der Waals surface area contributed by atoms with Crippen LogP contribution in [-0.2, 0) is 0 Å². The number of benzene rings is 2. The van der Waals surface area contributed by atoms with Crippen LogP contribution in [0.1, 0.15) is 5.56 Å². The Morgan fingerprint density at radius 3 is 2.41 bits per heavy atom. The van der Waals surface area contributed by atoms with E-state index in [0.29, 0.717) is 17.1 Å². The SMILES string of the molecule is Cc1ccc(Oc2ccc(N)c(N)c2)c(Br)c1. The average Bonchev–Trinajstić information content (AvgIpc) is 2.27. The van der Waals surface area contributed by atoms with Crippen molar-refractivity contribution < 1.29 is 4.74 Å². The summed E-state index contributed by atoms with van der Waals surface area (Å²) in [5, 5.41) is 0. The van der Waals surface area contributed by atoms with Gasteiger partial charge in [0.15, 0.2) is 0 Å². The maximum Gasteiger partial charge on any atom is 0.141 e. The monoisotopic (exact) mass is 292 g/mol. The zero-order valence-corrected chi connectivity index (χ0v) is 11.0. The molecule has 0 amide bonds. The number of halogens is 1. The van der Waals surface area contributed by atoms with Crippen molar-refractivity contribution in [3.05, 3.63) is 46.4 Å². The standard InChI is InChI=1S/C13H13BrN2O/c1-8-2-5-13(10(14)6-8)17-9-3-4-11(15)12(16)7-9/h2-7H,15-16H2,1H3. The molecule has 0 spiro atoms. The first kappa shape index (κ1) is 11.8. The minimum absolute atomic E-state index is 0.519. The van der Waals surface area contributed by atoms with Crippen LogP contribution >= 0.6 is 15.9 Å². The minimum Gasteiger partial charge on any atom is -0.456 e. The van der Waals surface area contributed by atoms with Crippen molar-refractivity contribution in [2.75, 3.05) is 11.5 Å². The number of nitrogens with two attached hydrogens (primary N) is 2. The summed E-state index contributed by atoms with van der Waals surface area (Å²) in [5.41, 5.74) is 13.6. The van der Waals surface area contributed by atoms with Gasteiger partial charge in [-0.3, -0.25) is 0 Å². The van der Waals surface area contributed by atoms with Gasteiger partial charge in [0, 0.05) is 6.07 Å². The van der Waals surface area contributed by atoms with Gasteiger partial charge in [0.05, 0.1) is 15.8 Å². The van der Waals surface area contributed by atoms with Crippen LogP contribution in [0.4, 0.5) is 11.4 Å². The van der Waals surface area contributed by atoms with Gasteiger partial charge in [-0.2, -0.15) is 0 Å². The third-order valence-corrected chi connectivity index (χ3v) is 2.99. The molecule has 0 radical (unpaired) electrons. The quantitative estimate of drug-likeness (QED) is 0.830. The molecule has 88 valence electrons. The van der Waals surface area contributed by atoms with E-state index >= 15 is 0 Å². The van der Waals surface area contributed by atoms with Gasteiger partial charge in [0.2, 0.25) is 0 Å². The fourth-order valence-corrected chi connectivity index (χ4v) is 2.01. The Morgan fingerprint density at radius 2 is 1.76 bits per heavy atom. The molecule has 3 nitrogen and oxygen atoms in total. The number of anilines is 2. The first-order valence-electron chi connectivity index (χ1n) is 5.15. The summed E-state index contributed by atoms with van der Waals surface area (Å²) in [6, 6.07) is 11.1. The Labute approximate surface area is 109 Å². The zero-order chi connectivity index (χ0) is 12.4. The van der Waals surface area contributed by atoms with Gasteiger partial charge in [0.25, 0.3) is 0 Å². The normalized spacial score (nSPS) is 10.2. The fraction of sp³-hybridized carbons (Fsp3) is 0.0769. The van der Waals surface area contributed by atoms with Crippen LogP contribution in [0.15, 0.2) is 40.9 Å². The van der Waals surface area contributed by atoms with Crippen molar-refractivity contribution in [3.8, 4) is 11.5 Å². The van der Waals surface area contributed by atoms with Crippen LogP contribution < -0.4 is 16.2 Å². The highest BCUT2D eigenvalue weighted by molar-refractivity contribution is 9.10. The van der Waals surface area contributed by atoms with Gasteiger partial charge in [-0.15, -0.1) is 0 Å². The number of aryl methyl sites for hydroxylation is 1. The van der Waals surface area contributed by atoms with Crippen LogP contribution in [-0.4, -0.2) is 0 Å². The van der Waals surface area contributed by atoms with E-state index in [4.69, 9.17) is 16.2 Å². The van der Waals surface area contributed by atoms with Crippen molar-refractivity contribution >= 4 is 27.3 Å². The zero-order valence-electron chi connectivity index (χ0n) is 9.41. The lowest BCUT2D eigenvalue weighted by Crippen LogP contribution is -1.95. The van der Waals surface area contributed by atoms with Crippen molar-refractivity contribution in [1.82, 2.24) is 0 Å². The van der Waals surface area contributed by atoms with Gasteiger partial charge >= 0.3 is 0 Å². The van der Waals surface area contributed by atoms with E-state index in [-0.39, 0.29) is 0 Å². The van der Waals surface area contributed by atoms with E-state index in [2.05, 4.69) is 15.9 Å². The molecule has 2 rings (SSSR count). The molecule has 0 aromatic heterocycles. The molecular weight excluding hydrogens is 280 g/mol. The number of nitrogen functional groups attached to an aromatic ring is 2. The van der Waals surface area contributed by atoms with Gasteiger partial charge in [-0.25, -0.2) is 0 Å². The molecular formula is C13H13BrN2O. The molecule has 0 aliphatic carbocycles. The highest BCUT2D eigenvalue weighted by atomic mass is 79.9. The molecule has 17 heavy (non-hydrogen) atoms. The van der Waals surface area contributed by atoms with Crippen molar-refractivity contribution in [3.63, 3.8) is 0 Å². The molecule has 0 aliphatic rings. The summed E-state index contributed by atoms with van der Waals surface area (Å²) >= 11 is 3.46. The molecule has 4 N–H and O–H groups in total. The van der Waals surface area contributed by atoms with E-state index in [1.807, 2.05) is 25.1 Å². The topological polar surface area (TPSA) is 61.3 Å². The van der Waals surface area contributed by atoms with Crippen LogP contribution in [0.3, 0.4) is 0 Å². The fourth-order valence-electron chi connectivity index (χ4n) is 1.43. The third kappa shape index (κ3) is 2.71. The number of rotatable bonds is 2. The highest BCUT2D eigenvalue weighted by Crippen LogP contribution is 2.32.